The van der Waals surface area contributed by atoms with E-state index in [4.69, 9.17) is 11.6 Å². The predicted molar refractivity (Wildman–Crippen MR) is 90.2 cm³/mol. The van der Waals surface area contributed by atoms with Crippen LogP contribution in [-0.4, -0.2) is 9.78 Å². The Bertz CT molecular complexity index is 896. The highest BCUT2D eigenvalue weighted by Crippen LogP contribution is 2.33. The Morgan fingerprint density at radius 3 is 2.77 bits per heavy atom. The molecule has 22 heavy (non-hydrogen) atoms. The molecule has 4 rings (SSSR count). The summed E-state index contributed by atoms with van der Waals surface area (Å²) < 4.78 is 1.46. The molecule has 3 aromatic rings. The van der Waals surface area contributed by atoms with Crippen molar-refractivity contribution in [2.75, 3.05) is 0 Å². The van der Waals surface area contributed by atoms with Crippen LogP contribution in [0.2, 0.25) is 5.02 Å². The van der Waals surface area contributed by atoms with E-state index in [1.54, 1.807) is 29.5 Å². The molecule has 0 radical (unpaired) electrons. The SMILES string of the molecule is O=c1cc2c(nn1-c1ccc(Cl)cc1)-c1ccsc1CCC2. The number of thiophene rings is 1. The van der Waals surface area contributed by atoms with E-state index in [0.717, 1.165) is 36.2 Å². The van der Waals surface area contributed by atoms with E-state index in [0.29, 0.717) is 5.02 Å². The van der Waals surface area contributed by atoms with Crippen molar-refractivity contribution < 1.29 is 0 Å². The van der Waals surface area contributed by atoms with Gasteiger partial charge in [-0.15, -0.1) is 11.3 Å². The zero-order valence-electron chi connectivity index (χ0n) is 11.8. The fourth-order valence-electron chi connectivity index (χ4n) is 2.86. The van der Waals surface area contributed by atoms with Crippen LogP contribution in [0.3, 0.4) is 0 Å². The van der Waals surface area contributed by atoms with E-state index in [9.17, 15) is 4.79 Å². The zero-order chi connectivity index (χ0) is 15.1. The van der Waals surface area contributed by atoms with Crippen LogP contribution in [0.4, 0.5) is 0 Å². The number of aromatic nitrogens is 2. The summed E-state index contributed by atoms with van der Waals surface area (Å²) in [5, 5.41) is 7.40. The van der Waals surface area contributed by atoms with Crippen molar-refractivity contribution in [3.63, 3.8) is 0 Å². The molecule has 0 amide bonds. The van der Waals surface area contributed by atoms with E-state index in [-0.39, 0.29) is 5.56 Å². The summed E-state index contributed by atoms with van der Waals surface area (Å²) in [5.41, 5.74) is 3.79. The number of fused-ring (bicyclic) bond motifs is 3. The van der Waals surface area contributed by atoms with E-state index >= 15 is 0 Å². The van der Waals surface area contributed by atoms with Gasteiger partial charge in [-0.25, -0.2) is 0 Å². The first kappa shape index (κ1) is 13.7. The molecule has 0 fully saturated rings. The van der Waals surface area contributed by atoms with Crippen LogP contribution in [0.15, 0.2) is 46.6 Å². The highest BCUT2D eigenvalue weighted by atomic mass is 35.5. The molecule has 0 spiro atoms. The van der Waals surface area contributed by atoms with E-state index in [1.165, 1.54) is 15.1 Å². The van der Waals surface area contributed by atoms with Crippen molar-refractivity contribution in [1.29, 1.82) is 0 Å². The molecule has 0 unspecified atom stereocenters. The number of halogens is 1. The molecular formula is C17H13ClN2OS. The standard InChI is InChI=1S/C17H13ClN2OS/c18-12-4-6-13(7-5-12)20-16(21)10-11-2-1-3-15-14(8-9-22-15)17(11)19-20/h4-10H,1-3H2. The Morgan fingerprint density at radius 1 is 1.14 bits per heavy atom. The molecule has 0 saturated heterocycles. The number of rotatable bonds is 1. The first-order valence-electron chi connectivity index (χ1n) is 7.18. The Labute approximate surface area is 136 Å². The molecule has 1 aliphatic rings. The van der Waals surface area contributed by atoms with Gasteiger partial charge in [0.1, 0.15) is 0 Å². The third-order valence-corrected chi connectivity index (χ3v) is 5.17. The molecule has 0 aliphatic heterocycles. The molecule has 1 aromatic carbocycles. The molecule has 5 heteroatoms. The first-order valence-corrected chi connectivity index (χ1v) is 8.44. The van der Waals surface area contributed by atoms with Crippen molar-refractivity contribution in [3.8, 4) is 16.9 Å². The monoisotopic (exact) mass is 328 g/mol. The maximum absolute atomic E-state index is 12.4. The summed E-state index contributed by atoms with van der Waals surface area (Å²) in [4.78, 5) is 13.8. The molecule has 3 nitrogen and oxygen atoms in total. The fraction of sp³-hybridized carbons (Fsp3) is 0.176. The molecule has 0 N–H and O–H groups in total. The quantitative estimate of drug-likeness (QED) is 0.674. The van der Waals surface area contributed by atoms with Gasteiger partial charge in [-0.1, -0.05) is 11.6 Å². The summed E-state index contributed by atoms with van der Waals surface area (Å²) in [6, 6.07) is 11.0. The summed E-state index contributed by atoms with van der Waals surface area (Å²) in [5.74, 6) is 0. The molecule has 110 valence electrons. The van der Waals surface area contributed by atoms with Gasteiger partial charge in [-0.2, -0.15) is 9.78 Å². The maximum atomic E-state index is 12.4. The van der Waals surface area contributed by atoms with E-state index in [1.807, 2.05) is 12.1 Å². The van der Waals surface area contributed by atoms with Crippen LogP contribution >= 0.6 is 22.9 Å². The normalized spacial score (nSPS) is 13.3. The largest absolute Gasteiger partial charge is 0.271 e. The highest BCUT2D eigenvalue weighted by Gasteiger charge is 2.19. The smallest absolute Gasteiger partial charge is 0.267 e. The van der Waals surface area contributed by atoms with Crippen molar-refractivity contribution in [2.45, 2.75) is 19.3 Å². The van der Waals surface area contributed by atoms with Gasteiger partial charge < -0.3 is 0 Å². The third-order valence-electron chi connectivity index (χ3n) is 3.93. The second kappa shape index (κ2) is 5.38. The van der Waals surface area contributed by atoms with Crippen molar-refractivity contribution in [3.05, 3.63) is 67.6 Å². The second-order valence-electron chi connectivity index (χ2n) is 5.36. The van der Waals surface area contributed by atoms with Gasteiger partial charge in [0.2, 0.25) is 0 Å². The average molecular weight is 329 g/mol. The lowest BCUT2D eigenvalue weighted by atomic mass is 10.1. The van der Waals surface area contributed by atoms with Gasteiger partial charge >= 0.3 is 0 Å². The Hall–Kier alpha value is -1.91. The van der Waals surface area contributed by atoms with Crippen LogP contribution in [0.25, 0.3) is 16.9 Å². The van der Waals surface area contributed by atoms with Gasteiger partial charge in [-0.05, 0) is 60.5 Å². The molecule has 2 aromatic heterocycles. The lowest BCUT2D eigenvalue weighted by molar-refractivity contribution is 0.786. The Morgan fingerprint density at radius 2 is 1.95 bits per heavy atom. The first-order chi connectivity index (χ1) is 10.7. The number of hydrogen-bond donors (Lipinski definition) is 0. The van der Waals surface area contributed by atoms with Gasteiger partial charge in [0.25, 0.3) is 5.56 Å². The van der Waals surface area contributed by atoms with Gasteiger partial charge in [0.05, 0.1) is 11.4 Å². The summed E-state index contributed by atoms with van der Waals surface area (Å²) in [6.45, 7) is 0. The lowest BCUT2D eigenvalue weighted by Crippen LogP contribution is -2.22. The molecular weight excluding hydrogens is 316 g/mol. The highest BCUT2D eigenvalue weighted by molar-refractivity contribution is 7.10. The van der Waals surface area contributed by atoms with Gasteiger partial charge in [-0.3, -0.25) is 4.79 Å². The number of aryl methyl sites for hydroxylation is 2. The molecule has 0 atom stereocenters. The molecule has 0 bridgehead atoms. The Kier molecular flexibility index (Phi) is 3.36. The fourth-order valence-corrected chi connectivity index (χ4v) is 3.91. The minimum atomic E-state index is -0.0975. The molecule has 1 aliphatic carbocycles. The summed E-state index contributed by atoms with van der Waals surface area (Å²) >= 11 is 7.69. The Balaban J connectivity index is 1.94. The zero-order valence-corrected chi connectivity index (χ0v) is 13.3. The van der Waals surface area contributed by atoms with Crippen LogP contribution < -0.4 is 5.56 Å². The van der Waals surface area contributed by atoms with E-state index < -0.39 is 0 Å². The second-order valence-corrected chi connectivity index (χ2v) is 6.79. The minimum absolute atomic E-state index is 0.0975. The van der Waals surface area contributed by atoms with Crippen molar-refractivity contribution in [1.82, 2.24) is 9.78 Å². The molecule has 2 heterocycles. The topological polar surface area (TPSA) is 34.9 Å². The summed E-state index contributed by atoms with van der Waals surface area (Å²) in [7, 11) is 0. The van der Waals surface area contributed by atoms with Crippen molar-refractivity contribution in [2.24, 2.45) is 0 Å². The molecule has 0 saturated carbocycles. The average Bonchev–Trinajstić information content (AvgIpc) is 2.91. The summed E-state index contributed by atoms with van der Waals surface area (Å²) in [6.07, 6.45) is 3.02. The third kappa shape index (κ3) is 2.28. The predicted octanol–water partition coefficient (Wildman–Crippen LogP) is 4.10. The number of nitrogens with zero attached hydrogens (tertiary/aromatic N) is 2. The van der Waals surface area contributed by atoms with Gasteiger partial charge in [0, 0.05) is 21.5 Å². The van der Waals surface area contributed by atoms with Crippen LogP contribution in [-0.2, 0) is 12.8 Å². The lowest BCUT2D eigenvalue weighted by Gasteiger charge is -2.10. The van der Waals surface area contributed by atoms with Gasteiger partial charge in [0.15, 0.2) is 0 Å². The van der Waals surface area contributed by atoms with Crippen molar-refractivity contribution >= 4 is 22.9 Å². The maximum Gasteiger partial charge on any atom is 0.271 e. The van der Waals surface area contributed by atoms with Crippen LogP contribution in [0, 0.1) is 0 Å². The minimum Gasteiger partial charge on any atom is -0.267 e. The number of hydrogen-bond acceptors (Lipinski definition) is 3. The van der Waals surface area contributed by atoms with Crippen LogP contribution in [0.5, 0.6) is 0 Å². The van der Waals surface area contributed by atoms with Crippen LogP contribution in [0.1, 0.15) is 16.9 Å². The van der Waals surface area contributed by atoms with E-state index in [2.05, 4.69) is 16.5 Å². The number of benzene rings is 1.